The SMILES string of the molecule is Cc1ccc(C(=C(c2ccccc2)c2ccccc2)c2cc3ccccc3cc2Br)cc1. The van der Waals surface area contributed by atoms with Crippen LogP contribution in [0.4, 0.5) is 0 Å². The highest BCUT2D eigenvalue weighted by atomic mass is 79.9. The summed E-state index contributed by atoms with van der Waals surface area (Å²) in [6.07, 6.45) is 0. The Labute approximate surface area is 198 Å². The van der Waals surface area contributed by atoms with Gasteiger partial charge in [-0.3, -0.25) is 0 Å². The third-order valence-electron chi connectivity index (χ3n) is 5.82. The van der Waals surface area contributed by atoms with E-state index >= 15 is 0 Å². The van der Waals surface area contributed by atoms with Gasteiger partial charge in [0, 0.05) is 4.47 Å². The lowest BCUT2D eigenvalue weighted by molar-refractivity contribution is 1.44. The fourth-order valence-electron chi connectivity index (χ4n) is 4.22. The van der Waals surface area contributed by atoms with E-state index in [2.05, 4.69) is 144 Å². The first-order valence-electron chi connectivity index (χ1n) is 10.8. The molecule has 0 atom stereocenters. The minimum absolute atomic E-state index is 1.09. The van der Waals surface area contributed by atoms with Gasteiger partial charge in [-0.25, -0.2) is 0 Å². The van der Waals surface area contributed by atoms with Crippen LogP contribution in [0.3, 0.4) is 0 Å². The topological polar surface area (TPSA) is 0 Å². The molecule has 1 heteroatoms. The maximum atomic E-state index is 3.91. The zero-order valence-electron chi connectivity index (χ0n) is 17.9. The molecule has 5 aromatic rings. The zero-order valence-corrected chi connectivity index (χ0v) is 19.5. The largest absolute Gasteiger partial charge is 0.0622 e. The molecule has 0 aliphatic carbocycles. The summed E-state index contributed by atoms with van der Waals surface area (Å²) in [5.41, 5.74) is 8.51. The van der Waals surface area contributed by atoms with Crippen molar-refractivity contribution in [3.05, 3.63) is 154 Å². The summed E-state index contributed by atoms with van der Waals surface area (Å²) < 4.78 is 1.09. The Kier molecular flexibility index (Phi) is 5.75. The minimum atomic E-state index is 1.09. The second-order valence-corrected chi connectivity index (χ2v) is 8.88. The Morgan fingerprint density at radius 3 is 1.53 bits per heavy atom. The highest BCUT2D eigenvalue weighted by molar-refractivity contribution is 9.10. The van der Waals surface area contributed by atoms with Crippen LogP contribution >= 0.6 is 15.9 Å². The van der Waals surface area contributed by atoms with Gasteiger partial charge in [-0.1, -0.05) is 131 Å². The Bertz CT molecular complexity index is 1350. The van der Waals surface area contributed by atoms with Crippen molar-refractivity contribution in [1.29, 1.82) is 0 Å². The Morgan fingerprint density at radius 1 is 0.500 bits per heavy atom. The molecule has 0 aromatic heterocycles. The van der Waals surface area contributed by atoms with Crippen molar-refractivity contribution in [3.8, 4) is 0 Å². The van der Waals surface area contributed by atoms with E-state index in [0.29, 0.717) is 0 Å². The molecule has 5 aromatic carbocycles. The highest BCUT2D eigenvalue weighted by Gasteiger charge is 2.18. The van der Waals surface area contributed by atoms with Crippen LogP contribution in [-0.4, -0.2) is 0 Å². The second-order valence-electron chi connectivity index (χ2n) is 8.03. The normalized spacial score (nSPS) is 10.8. The van der Waals surface area contributed by atoms with Gasteiger partial charge in [-0.05, 0) is 63.2 Å². The van der Waals surface area contributed by atoms with Crippen molar-refractivity contribution in [2.45, 2.75) is 6.92 Å². The average Bonchev–Trinajstić information content (AvgIpc) is 2.84. The fourth-order valence-corrected chi connectivity index (χ4v) is 4.78. The maximum Gasteiger partial charge on any atom is 0.0260 e. The van der Waals surface area contributed by atoms with Crippen molar-refractivity contribution in [3.63, 3.8) is 0 Å². The number of halogens is 1. The Morgan fingerprint density at radius 2 is 0.969 bits per heavy atom. The zero-order chi connectivity index (χ0) is 21.9. The first-order chi connectivity index (χ1) is 15.7. The van der Waals surface area contributed by atoms with E-state index in [1.165, 1.54) is 49.7 Å². The molecule has 5 rings (SSSR count). The molecule has 0 aliphatic rings. The summed E-state index contributed by atoms with van der Waals surface area (Å²) >= 11 is 3.91. The van der Waals surface area contributed by atoms with E-state index in [-0.39, 0.29) is 0 Å². The smallest absolute Gasteiger partial charge is 0.0260 e. The van der Waals surface area contributed by atoms with Gasteiger partial charge in [-0.2, -0.15) is 0 Å². The van der Waals surface area contributed by atoms with Gasteiger partial charge >= 0.3 is 0 Å². The molecule has 0 fully saturated rings. The van der Waals surface area contributed by atoms with E-state index in [9.17, 15) is 0 Å². The van der Waals surface area contributed by atoms with Gasteiger partial charge < -0.3 is 0 Å². The van der Waals surface area contributed by atoms with Gasteiger partial charge in [-0.15, -0.1) is 0 Å². The van der Waals surface area contributed by atoms with Crippen molar-refractivity contribution >= 4 is 37.8 Å². The van der Waals surface area contributed by atoms with E-state index in [1.807, 2.05) is 0 Å². The molecule has 32 heavy (non-hydrogen) atoms. The molecular weight excluding hydrogens is 452 g/mol. The summed E-state index contributed by atoms with van der Waals surface area (Å²) in [5, 5.41) is 2.46. The predicted octanol–water partition coefficient (Wildman–Crippen LogP) is 8.92. The predicted molar refractivity (Wildman–Crippen MR) is 141 cm³/mol. The third kappa shape index (κ3) is 4.04. The summed E-state index contributed by atoms with van der Waals surface area (Å²) in [4.78, 5) is 0. The summed E-state index contributed by atoms with van der Waals surface area (Å²) in [6, 6.07) is 43.3. The summed E-state index contributed by atoms with van der Waals surface area (Å²) in [7, 11) is 0. The Balaban J connectivity index is 1.92. The average molecular weight is 475 g/mol. The lowest BCUT2D eigenvalue weighted by Gasteiger charge is -2.20. The highest BCUT2D eigenvalue weighted by Crippen LogP contribution is 2.40. The van der Waals surface area contributed by atoms with Crippen molar-refractivity contribution < 1.29 is 0 Å². The molecule has 0 radical (unpaired) electrons. The molecule has 0 bridgehead atoms. The molecule has 0 spiro atoms. The van der Waals surface area contributed by atoms with Crippen LogP contribution in [0.15, 0.2) is 126 Å². The molecule has 0 aliphatic heterocycles. The fraction of sp³-hybridized carbons (Fsp3) is 0.0323. The lowest BCUT2D eigenvalue weighted by Crippen LogP contribution is -1.98. The van der Waals surface area contributed by atoms with E-state index in [1.54, 1.807) is 0 Å². The molecular formula is C31H23Br. The monoisotopic (exact) mass is 474 g/mol. The maximum absolute atomic E-state index is 3.91. The van der Waals surface area contributed by atoms with Crippen molar-refractivity contribution in [2.24, 2.45) is 0 Å². The van der Waals surface area contributed by atoms with Gasteiger partial charge in [0.2, 0.25) is 0 Å². The Hall–Kier alpha value is -3.42. The minimum Gasteiger partial charge on any atom is -0.0622 e. The molecule has 154 valence electrons. The lowest BCUT2D eigenvalue weighted by atomic mass is 9.85. The van der Waals surface area contributed by atoms with Crippen LogP contribution in [0.5, 0.6) is 0 Å². The van der Waals surface area contributed by atoms with E-state index < -0.39 is 0 Å². The van der Waals surface area contributed by atoms with Crippen LogP contribution in [0.25, 0.3) is 21.9 Å². The van der Waals surface area contributed by atoms with Gasteiger partial charge in [0.15, 0.2) is 0 Å². The number of hydrogen-bond donors (Lipinski definition) is 0. The van der Waals surface area contributed by atoms with E-state index in [0.717, 1.165) is 4.47 Å². The van der Waals surface area contributed by atoms with Crippen LogP contribution in [0.2, 0.25) is 0 Å². The summed E-state index contributed by atoms with van der Waals surface area (Å²) in [5.74, 6) is 0. The molecule has 0 N–H and O–H groups in total. The third-order valence-corrected chi connectivity index (χ3v) is 6.48. The molecule has 0 unspecified atom stereocenters. The molecule has 0 amide bonds. The van der Waals surface area contributed by atoms with Crippen LogP contribution in [0.1, 0.15) is 27.8 Å². The van der Waals surface area contributed by atoms with Gasteiger partial charge in [0.05, 0.1) is 0 Å². The number of hydrogen-bond acceptors (Lipinski definition) is 0. The van der Waals surface area contributed by atoms with Crippen molar-refractivity contribution in [2.75, 3.05) is 0 Å². The number of fused-ring (bicyclic) bond motifs is 1. The second kappa shape index (κ2) is 8.98. The molecule has 0 saturated carbocycles. The van der Waals surface area contributed by atoms with Crippen LogP contribution in [-0.2, 0) is 0 Å². The number of aryl methyl sites for hydroxylation is 1. The number of benzene rings is 5. The molecule has 0 saturated heterocycles. The van der Waals surface area contributed by atoms with Crippen molar-refractivity contribution in [1.82, 2.24) is 0 Å². The number of rotatable bonds is 4. The quantitative estimate of drug-likeness (QED) is 0.228. The van der Waals surface area contributed by atoms with Crippen LogP contribution < -0.4 is 0 Å². The van der Waals surface area contributed by atoms with Gasteiger partial charge in [0.1, 0.15) is 0 Å². The van der Waals surface area contributed by atoms with E-state index in [4.69, 9.17) is 0 Å². The van der Waals surface area contributed by atoms with Gasteiger partial charge in [0.25, 0.3) is 0 Å². The standard InChI is InChI=1S/C31H23Br/c1-22-16-18-25(19-17-22)31(28-20-26-14-8-9-15-27(26)21-29(28)32)30(23-10-4-2-5-11-23)24-12-6-3-7-13-24/h2-21H,1H3. The summed E-state index contributed by atoms with van der Waals surface area (Å²) in [6.45, 7) is 2.13. The van der Waals surface area contributed by atoms with Crippen LogP contribution in [0, 0.1) is 6.92 Å². The first-order valence-corrected chi connectivity index (χ1v) is 11.6. The first kappa shape index (κ1) is 20.5. The molecule has 0 nitrogen and oxygen atoms in total. The molecule has 0 heterocycles.